The molecule has 20 heavy (non-hydrogen) atoms. The molecule has 1 atom stereocenters. The van der Waals surface area contributed by atoms with Crippen LogP contribution in [0.25, 0.3) is 10.9 Å². The van der Waals surface area contributed by atoms with Gasteiger partial charge in [-0.15, -0.1) is 0 Å². The molecule has 1 aromatic carbocycles. The zero-order chi connectivity index (χ0) is 13.9. The SMILES string of the molecule is CNC(c1ncccc1F)c1cccc2cccnc12. The zero-order valence-corrected chi connectivity index (χ0v) is 11.0. The topological polar surface area (TPSA) is 37.8 Å². The van der Waals surface area contributed by atoms with Gasteiger partial charge in [0, 0.05) is 23.3 Å². The summed E-state index contributed by atoms with van der Waals surface area (Å²) in [5, 5.41) is 4.15. The first-order valence-corrected chi connectivity index (χ1v) is 6.42. The molecule has 1 unspecified atom stereocenters. The highest BCUT2D eigenvalue weighted by atomic mass is 19.1. The predicted octanol–water partition coefficient (Wildman–Crippen LogP) is 3.08. The molecule has 3 nitrogen and oxygen atoms in total. The summed E-state index contributed by atoms with van der Waals surface area (Å²) in [6, 6.07) is 12.5. The van der Waals surface area contributed by atoms with E-state index in [1.807, 2.05) is 30.3 Å². The maximum absolute atomic E-state index is 14.0. The van der Waals surface area contributed by atoms with Gasteiger partial charge in [-0.1, -0.05) is 24.3 Å². The summed E-state index contributed by atoms with van der Waals surface area (Å²) in [6.07, 6.45) is 3.34. The van der Waals surface area contributed by atoms with Crippen LogP contribution in [0, 0.1) is 5.82 Å². The number of halogens is 1. The van der Waals surface area contributed by atoms with Crippen molar-refractivity contribution >= 4 is 10.9 Å². The van der Waals surface area contributed by atoms with Crippen LogP contribution in [0.15, 0.2) is 54.9 Å². The van der Waals surface area contributed by atoms with Crippen LogP contribution in [0.2, 0.25) is 0 Å². The fraction of sp³-hybridized carbons (Fsp3) is 0.125. The van der Waals surface area contributed by atoms with Gasteiger partial charge in [0.15, 0.2) is 0 Å². The van der Waals surface area contributed by atoms with Gasteiger partial charge < -0.3 is 5.32 Å². The second-order valence-corrected chi connectivity index (χ2v) is 4.51. The second-order valence-electron chi connectivity index (χ2n) is 4.51. The van der Waals surface area contributed by atoms with Crippen molar-refractivity contribution in [1.29, 1.82) is 0 Å². The van der Waals surface area contributed by atoms with Gasteiger partial charge in [0.05, 0.1) is 17.3 Å². The Balaban J connectivity index is 2.20. The number of hydrogen-bond acceptors (Lipinski definition) is 3. The van der Waals surface area contributed by atoms with E-state index in [-0.39, 0.29) is 11.9 Å². The van der Waals surface area contributed by atoms with Crippen LogP contribution in [-0.4, -0.2) is 17.0 Å². The average molecular weight is 267 g/mol. The number of hydrogen-bond donors (Lipinski definition) is 1. The van der Waals surface area contributed by atoms with Crippen molar-refractivity contribution in [2.24, 2.45) is 0 Å². The van der Waals surface area contributed by atoms with Crippen molar-refractivity contribution in [1.82, 2.24) is 15.3 Å². The van der Waals surface area contributed by atoms with Crippen molar-refractivity contribution < 1.29 is 4.39 Å². The lowest BCUT2D eigenvalue weighted by Crippen LogP contribution is -2.20. The Bertz CT molecular complexity index is 737. The Morgan fingerprint density at radius 2 is 1.75 bits per heavy atom. The van der Waals surface area contributed by atoms with Crippen LogP contribution in [0.3, 0.4) is 0 Å². The molecule has 0 aliphatic heterocycles. The van der Waals surface area contributed by atoms with E-state index in [2.05, 4.69) is 15.3 Å². The molecule has 3 aromatic rings. The number of nitrogens with one attached hydrogen (secondary N) is 1. The van der Waals surface area contributed by atoms with E-state index in [0.717, 1.165) is 16.5 Å². The molecule has 0 radical (unpaired) electrons. The minimum atomic E-state index is -0.324. The Hall–Kier alpha value is -2.33. The lowest BCUT2D eigenvalue weighted by Gasteiger charge is -2.18. The molecule has 0 spiro atoms. The number of fused-ring (bicyclic) bond motifs is 1. The number of benzene rings is 1. The first-order chi connectivity index (χ1) is 9.81. The number of nitrogens with zero attached hydrogens (tertiary/aromatic N) is 2. The van der Waals surface area contributed by atoms with Crippen molar-refractivity contribution in [2.45, 2.75) is 6.04 Å². The van der Waals surface area contributed by atoms with Crippen LogP contribution in [0.1, 0.15) is 17.3 Å². The first kappa shape index (κ1) is 12.7. The number of rotatable bonds is 3. The molecule has 1 N–H and O–H groups in total. The van der Waals surface area contributed by atoms with Gasteiger partial charge in [0.1, 0.15) is 5.82 Å². The number of pyridine rings is 2. The maximum Gasteiger partial charge on any atom is 0.146 e. The molecule has 0 amide bonds. The van der Waals surface area contributed by atoms with Crippen LogP contribution in [-0.2, 0) is 0 Å². The van der Waals surface area contributed by atoms with Gasteiger partial charge in [0.2, 0.25) is 0 Å². The third kappa shape index (κ3) is 2.14. The summed E-state index contributed by atoms with van der Waals surface area (Å²) in [5.41, 5.74) is 2.16. The van der Waals surface area contributed by atoms with Gasteiger partial charge in [-0.2, -0.15) is 0 Å². The standard InChI is InChI=1S/C16H14FN3/c1-18-15(16-13(17)8-4-10-20-16)12-7-2-5-11-6-3-9-19-14(11)12/h2-10,15,18H,1H3. The first-order valence-electron chi connectivity index (χ1n) is 6.42. The molecule has 3 rings (SSSR count). The third-order valence-electron chi connectivity index (χ3n) is 3.32. The monoisotopic (exact) mass is 267 g/mol. The highest BCUT2D eigenvalue weighted by Crippen LogP contribution is 2.27. The van der Waals surface area contributed by atoms with E-state index >= 15 is 0 Å². The fourth-order valence-electron chi connectivity index (χ4n) is 2.41. The number of aromatic nitrogens is 2. The highest BCUT2D eigenvalue weighted by molar-refractivity contribution is 5.82. The average Bonchev–Trinajstić information content (AvgIpc) is 2.50. The molecule has 2 aromatic heterocycles. The maximum atomic E-state index is 14.0. The molecule has 2 heterocycles. The molecule has 0 saturated heterocycles. The van der Waals surface area contributed by atoms with Crippen molar-refractivity contribution in [3.63, 3.8) is 0 Å². The molecule has 100 valence electrons. The van der Waals surface area contributed by atoms with E-state index in [9.17, 15) is 4.39 Å². The Labute approximate surface area is 116 Å². The summed E-state index contributed by atoms with van der Waals surface area (Å²) >= 11 is 0. The molecular weight excluding hydrogens is 253 g/mol. The van der Waals surface area contributed by atoms with Gasteiger partial charge in [0.25, 0.3) is 0 Å². The van der Waals surface area contributed by atoms with Crippen molar-refractivity contribution in [2.75, 3.05) is 7.05 Å². The fourth-order valence-corrected chi connectivity index (χ4v) is 2.41. The number of para-hydroxylation sites is 1. The Morgan fingerprint density at radius 1 is 1.00 bits per heavy atom. The smallest absolute Gasteiger partial charge is 0.146 e. The Kier molecular flexibility index (Phi) is 3.39. The van der Waals surface area contributed by atoms with Gasteiger partial charge in [-0.25, -0.2) is 4.39 Å². The highest BCUT2D eigenvalue weighted by Gasteiger charge is 2.19. The summed E-state index contributed by atoms with van der Waals surface area (Å²) in [5.74, 6) is -0.320. The van der Waals surface area contributed by atoms with E-state index in [0.29, 0.717) is 5.69 Å². The molecule has 4 heteroatoms. The van der Waals surface area contributed by atoms with Crippen LogP contribution < -0.4 is 5.32 Å². The summed E-state index contributed by atoms with van der Waals surface area (Å²) in [4.78, 5) is 8.58. The lowest BCUT2D eigenvalue weighted by molar-refractivity contribution is 0.561. The van der Waals surface area contributed by atoms with E-state index in [4.69, 9.17) is 0 Å². The van der Waals surface area contributed by atoms with Crippen LogP contribution in [0.5, 0.6) is 0 Å². The Morgan fingerprint density at radius 3 is 2.55 bits per heavy atom. The lowest BCUT2D eigenvalue weighted by atomic mass is 9.99. The van der Waals surface area contributed by atoms with E-state index in [1.54, 1.807) is 25.5 Å². The van der Waals surface area contributed by atoms with Gasteiger partial charge >= 0.3 is 0 Å². The minimum Gasteiger partial charge on any atom is -0.308 e. The zero-order valence-electron chi connectivity index (χ0n) is 11.0. The minimum absolute atomic E-state index is 0.320. The predicted molar refractivity (Wildman–Crippen MR) is 76.8 cm³/mol. The third-order valence-corrected chi connectivity index (χ3v) is 3.32. The van der Waals surface area contributed by atoms with Gasteiger partial charge in [-0.05, 0) is 25.2 Å². The quantitative estimate of drug-likeness (QED) is 0.792. The summed E-state index contributed by atoms with van der Waals surface area (Å²) in [6.45, 7) is 0. The van der Waals surface area contributed by atoms with Crippen LogP contribution in [0.4, 0.5) is 4.39 Å². The van der Waals surface area contributed by atoms with E-state index < -0.39 is 0 Å². The van der Waals surface area contributed by atoms with Gasteiger partial charge in [-0.3, -0.25) is 9.97 Å². The van der Waals surface area contributed by atoms with E-state index in [1.165, 1.54) is 6.07 Å². The second kappa shape index (κ2) is 5.35. The molecule has 0 aliphatic carbocycles. The molecular formula is C16H14FN3. The van der Waals surface area contributed by atoms with Crippen LogP contribution >= 0.6 is 0 Å². The summed E-state index contributed by atoms with van der Waals surface area (Å²) < 4.78 is 14.0. The molecule has 0 fully saturated rings. The molecule has 0 aliphatic rings. The van der Waals surface area contributed by atoms with Crippen molar-refractivity contribution in [3.05, 3.63) is 71.9 Å². The molecule has 0 bridgehead atoms. The summed E-state index contributed by atoms with van der Waals surface area (Å²) in [7, 11) is 1.79. The largest absolute Gasteiger partial charge is 0.308 e. The normalized spacial score (nSPS) is 12.5. The van der Waals surface area contributed by atoms with Crippen molar-refractivity contribution in [3.8, 4) is 0 Å². The molecule has 0 saturated carbocycles.